The van der Waals surface area contributed by atoms with Gasteiger partial charge in [0.05, 0.1) is 0 Å². The van der Waals surface area contributed by atoms with Gasteiger partial charge in [0.2, 0.25) is 0 Å². The van der Waals surface area contributed by atoms with Crippen molar-refractivity contribution in [3.05, 3.63) is 59.4 Å². The minimum absolute atomic E-state index is 0.227. The molecule has 0 heterocycles. The first-order chi connectivity index (χ1) is 9.22. The van der Waals surface area contributed by atoms with E-state index in [0.29, 0.717) is 13.0 Å². The van der Waals surface area contributed by atoms with E-state index in [4.69, 9.17) is 5.73 Å². The molecule has 2 nitrogen and oxygen atoms in total. The minimum Gasteiger partial charge on any atom is -0.355 e. The summed E-state index contributed by atoms with van der Waals surface area (Å²) in [6.07, 6.45) is 1.68. The third-order valence-electron chi connectivity index (χ3n) is 3.12. The fraction of sp³-hybridized carbons (Fsp3) is 0.250. The Labute approximate surface area is 113 Å². The second kappa shape index (κ2) is 6.34. The summed E-state index contributed by atoms with van der Waals surface area (Å²) in [5, 5.41) is 3.31. The molecule has 2 aromatic rings. The topological polar surface area (TPSA) is 38.0 Å². The molecule has 0 fully saturated rings. The number of nitrogens with two attached hydrogens (primary N) is 1. The van der Waals surface area contributed by atoms with E-state index >= 15 is 0 Å². The molecule has 0 aromatic heterocycles. The quantitative estimate of drug-likeness (QED) is 0.859. The zero-order valence-corrected chi connectivity index (χ0v) is 11.1. The first kappa shape index (κ1) is 13.6. The summed E-state index contributed by atoms with van der Waals surface area (Å²) in [6.45, 7) is 2.63. The van der Waals surface area contributed by atoms with Gasteiger partial charge in [-0.05, 0) is 60.8 Å². The molecule has 100 valence electrons. The summed E-state index contributed by atoms with van der Waals surface area (Å²) in [4.78, 5) is 0. The maximum atomic E-state index is 13.2. The monoisotopic (exact) mass is 258 g/mol. The molecule has 0 atom stereocenters. The van der Waals surface area contributed by atoms with Gasteiger partial charge in [-0.3, -0.25) is 0 Å². The number of hydrogen-bond donors (Lipinski definition) is 2. The van der Waals surface area contributed by atoms with E-state index in [0.717, 1.165) is 23.4 Å². The van der Waals surface area contributed by atoms with Gasteiger partial charge in [-0.15, -0.1) is 0 Å². The van der Waals surface area contributed by atoms with Crippen LogP contribution in [0.25, 0.3) is 0 Å². The van der Waals surface area contributed by atoms with Gasteiger partial charge >= 0.3 is 0 Å². The van der Waals surface area contributed by atoms with Crippen molar-refractivity contribution in [2.45, 2.75) is 19.8 Å². The second-order valence-electron chi connectivity index (χ2n) is 4.52. The summed E-state index contributed by atoms with van der Waals surface area (Å²) in [7, 11) is 0. The first-order valence-corrected chi connectivity index (χ1v) is 6.57. The molecule has 0 saturated heterocycles. The maximum Gasteiger partial charge on any atom is 0.123 e. The van der Waals surface area contributed by atoms with Crippen molar-refractivity contribution < 1.29 is 4.39 Å². The maximum absolute atomic E-state index is 13.2. The largest absolute Gasteiger partial charge is 0.355 e. The fourth-order valence-corrected chi connectivity index (χ4v) is 2.03. The SMILES string of the molecule is CCc1ccc(Nc2ccc(F)cc2CCN)cc1. The Morgan fingerprint density at radius 2 is 1.84 bits per heavy atom. The number of nitrogens with one attached hydrogen (secondary N) is 1. The molecule has 0 unspecified atom stereocenters. The normalized spacial score (nSPS) is 10.5. The minimum atomic E-state index is -0.227. The molecule has 3 heteroatoms. The van der Waals surface area contributed by atoms with Gasteiger partial charge in [0.25, 0.3) is 0 Å². The molecular formula is C16H19FN2. The lowest BCUT2D eigenvalue weighted by Gasteiger charge is -2.12. The van der Waals surface area contributed by atoms with Crippen molar-refractivity contribution >= 4 is 11.4 Å². The zero-order chi connectivity index (χ0) is 13.7. The molecule has 2 rings (SSSR count). The van der Waals surface area contributed by atoms with E-state index in [1.807, 2.05) is 12.1 Å². The molecule has 0 amide bonds. The Kier molecular flexibility index (Phi) is 4.53. The van der Waals surface area contributed by atoms with Crippen LogP contribution < -0.4 is 11.1 Å². The molecule has 0 saturated carbocycles. The summed E-state index contributed by atoms with van der Waals surface area (Å²) < 4.78 is 13.2. The van der Waals surface area contributed by atoms with Crippen molar-refractivity contribution in [3.63, 3.8) is 0 Å². The average molecular weight is 258 g/mol. The van der Waals surface area contributed by atoms with Gasteiger partial charge in [-0.25, -0.2) is 4.39 Å². The predicted octanol–water partition coefficient (Wildman–Crippen LogP) is 3.63. The van der Waals surface area contributed by atoms with Crippen LogP contribution >= 0.6 is 0 Å². The van der Waals surface area contributed by atoms with Gasteiger partial charge in [0.1, 0.15) is 5.82 Å². The van der Waals surface area contributed by atoms with Crippen LogP contribution in [0.2, 0.25) is 0 Å². The molecule has 0 spiro atoms. The standard InChI is InChI=1S/C16H19FN2/c1-2-12-3-6-15(7-4-12)19-16-8-5-14(17)11-13(16)9-10-18/h3-8,11,19H,2,9-10,18H2,1H3. The van der Waals surface area contributed by atoms with Crippen molar-refractivity contribution in [3.8, 4) is 0 Å². The predicted molar refractivity (Wildman–Crippen MR) is 78.3 cm³/mol. The highest BCUT2D eigenvalue weighted by atomic mass is 19.1. The molecule has 19 heavy (non-hydrogen) atoms. The van der Waals surface area contributed by atoms with E-state index in [1.54, 1.807) is 6.07 Å². The Balaban J connectivity index is 2.21. The lowest BCUT2D eigenvalue weighted by atomic mass is 10.1. The number of rotatable bonds is 5. The van der Waals surface area contributed by atoms with Gasteiger partial charge in [-0.1, -0.05) is 19.1 Å². The Bertz CT molecular complexity index is 535. The zero-order valence-electron chi connectivity index (χ0n) is 11.1. The highest BCUT2D eigenvalue weighted by Crippen LogP contribution is 2.22. The summed E-state index contributed by atoms with van der Waals surface area (Å²) >= 11 is 0. The molecule has 0 bridgehead atoms. The van der Waals surface area contributed by atoms with Crippen molar-refractivity contribution in [1.29, 1.82) is 0 Å². The van der Waals surface area contributed by atoms with Gasteiger partial charge < -0.3 is 11.1 Å². The van der Waals surface area contributed by atoms with Crippen LogP contribution in [0.15, 0.2) is 42.5 Å². The Morgan fingerprint density at radius 1 is 1.11 bits per heavy atom. The lowest BCUT2D eigenvalue weighted by molar-refractivity contribution is 0.625. The molecule has 3 N–H and O–H groups in total. The third-order valence-corrected chi connectivity index (χ3v) is 3.12. The van der Waals surface area contributed by atoms with Crippen LogP contribution in [0.4, 0.5) is 15.8 Å². The summed E-state index contributed by atoms with van der Waals surface area (Å²) in [6, 6.07) is 13.0. The van der Waals surface area contributed by atoms with Crippen LogP contribution in [-0.4, -0.2) is 6.54 Å². The average Bonchev–Trinajstić information content (AvgIpc) is 2.43. The van der Waals surface area contributed by atoms with E-state index < -0.39 is 0 Å². The van der Waals surface area contributed by atoms with Crippen LogP contribution in [0, 0.1) is 5.82 Å². The van der Waals surface area contributed by atoms with Crippen molar-refractivity contribution in [2.75, 3.05) is 11.9 Å². The van der Waals surface area contributed by atoms with E-state index in [9.17, 15) is 4.39 Å². The van der Waals surface area contributed by atoms with Crippen molar-refractivity contribution in [1.82, 2.24) is 0 Å². The van der Waals surface area contributed by atoms with E-state index in [-0.39, 0.29) is 5.82 Å². The van der Waals surface area contributed by atoms with Crippen LogP contribution in [0.1, 0.15) is 18.1 Å². The smallest absolute Gasteiger partial charge is 0.123 e. The van der Waals surface area contributed by atoms with Crippen LogP contribution in [0.5, 0.6) is 0 Å². The number of aryl methyl sites for hydroxylation is 1. The number of hydrogen-bond acceptors (Lipinski definition) is 2. The van der Waals surface area contributed by atoms with E-state index in [1.165, 1.54) is 17.7 Å². The molecule has 0 radical (unpaired) electrons. The Hall–Kier alpha value is -1.87. The summed E-state index contributed by atoms with van der Waals surface area (Å²) in [5.41, 5.74) is 9.68. The highest BCUT2D eigenvalue weighted by Gasteiger charge is 2.04. The van der Waals surface area contributed by atoms with Gasteiger partial charge in [0, 0.05) is 11.4 Å². The van der Waals surface area contributed by atoms with Crippen molar-refractivity contribution in [2.24, 2.45) is 5.73 Å². The van der Waals surface area contributed by atoms with Crippen LogP contribution in [0.3, 0.4) is 0 Å². The second-order valence-corrected chi connectivity index (χ2v) is 4.52. The van der Waals surface area contributed by atoms with Gasteiger partial charge in [-0.2, -0.15) is 0 Å². The highest BCUT2D eigenvalue weighted by molar-refractivity contribution is 5.63. The molecule has 0 aliphatic rings. The first-order valence-electron chi connectivity index (χ1n) is 6.57. The molecular weight excluding hydrogens is 239 g/mol. The third kappa shape index (κ3) is 3.55. The lowest BCUT2D eigenvalue weighted by Crippen LogP contribution is -2.05. The van der Waals surface area contributed by atoms with Gasteiger partial charge in [0.15, 0.2) is 0 Å². The van der Waals surface area contributed by atoms with Crippen LogP contribution in [-0.2, 0) is 12.8 Å². The van der Waals surface area contributed by atoms with E-state index in [2.05, 4.69) is 24.4 Å². The Morgan fingerprint density at radius 3 is 2.47 bits per heavy atom. The summed E-state index contributed by atoms with van der Waals surface area (Å²) in [5.74, 6) is -0.227. The number of halogens is 1. The molecule has 2 aromatic carbocycles. The number of benzene rings is 2. The number of anilines is 2. The fourth-order valence-electron chi connectivity index (χ4n) is 2.03. The molecule has 0 aliphatic carbocycles. The molecule has 0 aliphatic heterocycles.